The van der Waals surface area contributed by atoms with Gasteiger partial charge in [-0.3, -0.25) is 0 Å². The molecule has 2 aromatic rings. The van der Waals surface area contributed by atoms with Crippen LogP contribution in [-0.4, -0.2) is 32.5 Å². The van der Waals surface area contributed by atoms with Gasteiger partial charge in [-0.15, -0.1) is 0 Å². The Morgan fingerprint density at radius 3 is 2.15 bits per heavy atom. The fourth-order valence-corrected chi connectivity index (χ4v) is 3.04. The molecule has 0 amide bonds. The zero-order valence-electron chi connectivity index (χ0n) is 16.9. The van der Waals surface area contributed by atoms with E-state index in [1.54, 1.807) is 13.2 Å². The molecule has 0 unspecified atom stereocenters. The van der Waals surface area contributed by atoms with E-state index in [2.05, 4.69) is 4.90 Å². The van der Waals surface area contributed by atoms with Crippen molar-refractivity contribution in [3.05, 3.63) is 53.8 Å². The number of rotatable bonds is 5. The molecule has 0 N–H and O–H groups in total. The smallest absolute Gasteiger partial charge is 0.497 e. The van der Waals surface area contributed by atoms with Crippen molar-refractivity contribution in [1.82, 2.24) is 0 Å². The number of benzene rings is 2. The number of hydrogen-bond acceptors (Lipinski definition) is 4. The summed E-state index contributed by atoms with van der Waals surface area (Å²) in [5.41, 5.74) is 1.48. The minimum atomic E-state index is -0.707. The van der Waals surface area contributed by atoms with E-state index in [0.29, 0.717) is 12.0 Å². The van der Waals surface area contributed by atoms with Crippen molar-refractivity contribution in [2.75, 3.05) is 19.1 Å². The molecule has 1 heterocycles. The van der Waals surface area contributed by atoms with E-state index >= 15 is 0 Å². The van der Waals surface area contributed by atoms with Crippen LogP contribution in [-0.2, 0) is 15.9 Å². The van der Waals surface area contributed by atoms with E-state index in [9.17, 15) is 4.39 Å². The standard InChI is InChI=1S/C21H27BFNO3/c1-20(2)21(3,4)27-22(26-20)18-13-15(7-12-19(18)23)14-24(5)16-8-10-17(25-6)11-9-16/h7-13H,14H2,1-6H3. The zero-order chi connectivity index (χ0) is 19.8. The summed E-state index contributed by atoms with van der Waals surface area (Å²) in [4.78, 5) is 2.10. The van der Waals surface area contributed by atoms with E-state index in [1.165, 1.54) is 6.07 Å². The van der Waals surface area contributed by atoms with Crippen LogP contribution in [0.3, 0.4) is 0 Å². The highest BCUT2D eigenvalue weighted by molar-refractivity contribution is 6.62. The van der Waals surface area contributed by atoms with E-state index in [0.717, 1.165) is 17.0 Å². The predicted molar refractivity (Wildman–Crippen MR) is 107 cm³/mol. The third-order valence-electron chi connectivity index (χ3n) is 5.50. The van der Waals surface area contributed by atoms with Gasteiger partial charge in [0.05, 0.1) is 18.3 Å². The van der Waals surface area contributed by atoms with Crippen molar-refractivity contribution in [3.63, 3.8) is 0 Å². The lowest BCUT2D eigenvalue weighted by Crippen LogP contribution is -2.41. The van der Waals surface area contributed by atoms with Gasteiger partial charge in [-0.05, 0) is 63.6 Å². The van der Waals surface area contributed by atoms with E-state index in [-0.39, 0.29) is 5.82 Å². The second kappa shape index (κ2) is 7.17. The van der Waals surface area contributed by atoms with E-state index in [1.807, 2.05) is 65.1 Å². The van der Waals surface area contributed by atoms with Crippen LogP contribution in [0, 0.1) is 5.82 Å². The van der Waals surface area contributed by atoms with Crippen LogP contribution < -0.4 is 15.1 Å². The first-order valence-electron chi connectivity index (χ1n) is 9.12. The topological polar surface area (TPSA) is 30.9 Å². The molecular formula is C21H27BFNO3. The summed E-state index contributed by atoms with van der Waals surface area (Å²) in [6.07, 6.45) is 0. The number of anilines is 1. The molecule has 2 aromatic carbocycles. The Labute approximate surface area is 161 Å². The third kappa shape index (κ3) is 3.97. The van der Waals surface area contributed by atoms with Gasteiger partial charge in [0, 0.05) is 24.7 Å². The number of hydrogen-bond donors (Lipinski definition) is 0. The number of halogens is 1. The summed E-state index contributed by atoms with van der Waals surface area (Å²) in [6.45, 7) is 8.50. The van der Waals surface area contributed by atoms with Crippen molar-refractivity contribution in [3.8, 4) is 5.75 Å². The van der Waals surface area contributed by atoms with Crippen LogP contribution in [0.15, 0.2) is 42.5 Å². The fraction of sp³-hybridized carbons (Fsp3) is 0.429. The van der Waals surface area contributed by atoms with Crippen molar-refractivity contribution >= 4 is 18.3 Å². The maximum absolute atomic E-state index is 14.5. The SMILES string of the molecule is COc1ccc(N(C)Cc2ccc(F)c(B3OC(C)(C)C(C)(C)O3)c2)cc1. The molecular weight excluding hydrogens is 344 g/mol. The summed E-state index contributed by atoms with van der Waals surface area (Å²) in [6, 6.07) is 13.0. The van der Waals surface area contributed by atoms with Gasteiger partial charge >= 0.3 is 7.12 Å². The van der Waals surface area contributed by atoms with Crippen molar-refractivity contribution in [2.45, 2.75) is 45.4 Å². The lowest BCUT2D eigenvalue weighted by atomic mass is 9.78. The largest absolute Gasteiger partial charge is 0.497 e. The summed E-state index contributed by atoms with van der Waals surface area (Å²) in [5, 5.41) is 0. The Morgan fingerprint density at radius 1 is 1.00 bits per heavy atom. The first-order valence-corrected chi connectivity index (χ1v) is 9.12. The molecule has 1 aliphatic rings. The quantitative estimate of drug-likeness (QED) is 0.749. The van der Waals surface area contributed by atoms with Crippen LogP contribution in [0.4, 0.5) is 10.1 Å². The molecule has 1 fully saturated rings. The highest BCUT2D eigenvalue weighted by Gasteiger charge is 2.52. The van der Waals surface area contributed by atoms with Crippen LogP contribution in [0.2, 0.25) is 0 Å². The Kier molecular flexibility index (Phi) is 5.23. The number of nitrogens with zero attached hydrogens (tertiary/aromatic N) is 1. The van der Waals surface area contributed by atoms with Crippen LogP contribution in [0.25, 0.3) is 0 Å². The second-order valence-electron chi connectivity index (χ2n) is 8.00. The van der Waals surface area contributed by atoms with Crippen LogP contribution >= 0.6 is 0 Å². The molecule has 0 spiro atoms. The molecule has 4 nitrogen and oxygen atoms in total. The number of ether oxygens (including phenoxy) is 1. The van der Waals surface area contributed by atoms with Crippen LogP contribution in [0.1, 0.15) is 33.3 Å². The van der Waals surface area contributed by atoms with E-state index < -0.39 is 18.3 Å². The molecule has 0 saturated carbocycles. The van der Waals surface area contributed by atoms with Gasteiger partial charge in [-0.25, -0.2) is 4.39 Å². The van der Waals surface area contributed by atoms with Gasteiger partial charge in [-0.2, -0.15) is 0 Å². The monoisotopic (exact) mass is 371 g/mol. The molecule has 1 aliphatic heterocycles. The van der Waals surface area contributed by atoms with Gasteiger partial charge in [0.2, 0.25) is 0 Å². The molecule has 0 radical (unpaired) electrons. The average molecular weight is 371 g/mol. The lowest BCUT2D eigenvalue weighted by Gasteiger charge is -2.32. The van der Waals surface area contributed by atoms with Gasteiger partial charge in [0.25, 0.3) is 0 Å². The average Bonchev–Trinajstić information content (AvgIpc) is 2.84. The summed E-state index contributed by atoms with van der Waals surface area (Å²) in [5.74, 6) is 0.501. The molecule has 0 aliphatic carbocycles. The van der Waals surface area contributed by atoms with Crippen LogP contribution in [0.5, 0.6) is 5.75 Å². The summed E-state index contributed by atoms with van der Waals surface area (Å²) in [7, 11) is 2.94. The minimum Gasteiger partial charge on any atom is -0.497 e. The van der Waals surface area contributed by atoms with E-state index in [4.69, 9.17) is 14.0 Å². The molecule has 27 heavy (non-hydrogen) atoms. The molecule has 0 atom stereocenters. The van der Waals surface area contributed by atoms with Crippen molar-refractivity contribution < 1.29 is 18.4 Å². The first kappa shape index (κ1) is 19.7. The Morgan fingerprint density at radius 2 is 1.59 bits per heavy atom. The maximum Gasteiger partial charge on any atom is 0.497 e. The normalized spacial score (nSPS) is 17.8. The zero-order valence-corrected chi connectivity index (χ0v) is 16.9. The molecule has 6 heteroatoms. The Balaban J connectivity index is 1.79. The van der Waals surface area contributed by atoms with Crippen molar-refractivity contribution in [2.24, 2.45) is 0 Å². The van der Waals surface area contributed by atoms with Gasteiger partial charge in [0.1, 0.15) is 11.6 Å². The van der Waals surface area contributed by atoms with Gasteiger partial charge < -0.3 is 18.9 Å². The minimum absolute atomic E-state index is 0.315. The fourth-order valence-electron chi connectivity index (χ4n) is 3.04. The highest BCUT2D eigenvalue weighted by Crippen LogP contribution is 2.36. The molecule has 144 valence electrons. The summed E-state index contributed by atoms with van der Waals surface area (Å²) < 4.78 is 31.7. The molecule has 0 bridgehead atoms. The second-order valence-corrected chi connectivity index (χ2v) is 8.00. The molecule has 0 aromatic heterocycles. The molecule has 1 saturated heterocycles. The Hall–Kier alpha value is -2.05. The van der Waals surface area contributed by atoms with Gasteiger partial charge in [0.15, 0.2) is 0 Å². The van der Waals surface area contributed by atoms with Crippen molar-refractivity contribution in [1.29, 1.82) is 0 Å². The number of methoxy groups -OCH3 is 1. The maximum atomic E-state index is 14.5. The molecule has 3 rings (SSSR count). The van der Waals surface area contributed by atoms with Gasteiger partial charge in [-0.1, -0.05) is 12.1 Å². The Bertz CT molecular complexity index is 792. The highest BCUT2D eigenvalue weighted by atomic mass is 19.1. The third-order valence-corrected chi connectivity index (χ3v) is 5.50. The lowest BCUT2D eigenvalue weighted by molar-refractivity contribution is 0.00578. The summed E-state index contributed by atoms with van der Waals surface area (Å²) >= 11 is 0. The first-order chi connectivity index (χ1) is 12.6. The predicted octanol–water partition coefficient (Wildman–Crippen LogP) is 3.77.